The molecule has 120 valence electrons. The Hall–Kier alpha value is -1.44. The largest absolute Gasteiger partial charge is 0.381 e. The van der Waals surface area contributed by atoms with E-state index in [9.17, 15) is 0 Å². The van der Waals surface area contributed by atoms with Crippen molar-refractivity contribution in [3.05, 3.63) is 47.9 Å². The van der Waals surface area contributed by atoms with Crippen molar-refractivity contribution in [1.82, 2.24) is 9.80 Å². The zero-order chi connectivity index (χ0) is 16.6. The molecule has 0 aromatic heterocycles. The van der Waals surface area contributed by atoms with Crippen LogP contribution < -0.4 is 0 Å². The summed E-state index contributed by atoms with van der Waals surface area (Å²) in [4.78, 5) is 4.53. The van der Waals surface area contributed by atoms with Crippen LogP contribution in [-0.2, 0) is 0 Å². The van der Waals surface area contributed by atoms with E-state index in [0.717, 1.165) is 30.7 Å². The molecule has 2 nitrogen and oxygen atoms in total. The second kappa shape index (κ2) is 9.49. The van der Waals surface area contributed by atoms with Crippen LogP contribution in [0.2, 0.25) is 0 Å². The van der Waals surface area contributed by atoms with Crippen molar-refractivity contribution in [2.45, 2.75) is 53.5 Å². The SMILES string of the molecule is C=CC(/C=C(\C)C(=C)N(CCC)C(C)CC)=C(/C)N(C)C. The molecule has 0 amide bonds. The maximum absolute atomic E-state index is 4.32. The van der Waals surface area contributed by atoms with Gasteiger partial charge in [-0.05, 0) is 50.8 Å². The van der Waals surface area contributed by atoms with Crippen LogP contribution in [0, 0.1) is 0 Å². The lowest BCUT2D eigenvalue weighted by atomic mass is 10.1. The van der Waals surface area contributed by atoms with Gasteiger partial charge in [-0.2, -0.15) is 0 Å². The van der Waals surface area contributed by atoms with Crippen molar-refractivity contribution in [3.63, 3.8) is 0 Å². The van der Waals surface area contributed by atoms with E-state index in [-0.39, 0.29) is 0 Å². The maximum Gasteiger partial charge on any atom is 0.0325 e. The Morgan fingerprint density at radius 3 is 2.14 bits per heavy atom. The van der Waals surface area contributed by atoms with Crippen LogP contribution in [-0.4, -0.2) is 36.5 Å². The van der Waals surface area contributed by atoms with Crippen LogP contribution in [0.3, 0.4) is 0 Å². The number of nitrogens with zero attached hydrogens (tertiary/aromatic N) is 2. The third kappa shape index (κ3) is 5.82. The first-order valence-corrected chi connectivity index (χ1v) is 7.94. The Bertz CT molecular complexity index is 413. The molecule has 1 unspecified atom stereocenters. The predicted octanol–water partition coefficient (Wildman–Crippen LogP) is 4.98. The van der Waals surface area contributed by atoms with Gasteiger partial charge in [-0.15, -0.1) is 0 Å². The lowest BCUT2D eigenvalue weighted by molar-refractivity contribution is 0.267. The van der Waals surface area contributed by atoms with E-state index >= 15 is 0 Å². The Morgan fingerprint density at radius 2 is 1.76 bits per heavy atom. The monoisotopic (exact) mass is 290 g/mol. The van der Waals surface area contributed by atoms with Crippen LogP contribution in [0.25, 0.3) is 0 Å². The standard InChI is InChI=1S/C19H34N2/c1-10-13-21(16(5)11-2)17(6)15(4)14-19(12-3)18(7)20(8)9/h12,14,16H,3,6,10-11,13H2,1-2,4-5,7-9H3/b15-14+,19-18+. The molecule has 2 heteroatoms. The second-order valence-electron chi connectivity index (χ2n) is 5.86. The minimum atomic E-state index is 0.520. The quantitative estimate of drug-likeness (QED) is 0.553. The molecule has 0 aromatic rings. The fraction of sp³-hybridized carbons (Fsp3) is 0.579. The lowest BCUT2D eigenvalue weighted by Crippen LogP contribution is -2.32. The van der Waals surface area contributed by atoms with Gasteiger partial charge in [0.05, 0.1) is 0 Å². The summed E-state index contributed by atoms with van der Waals surface area (Å²) >= 11 is 0. The third-order valence-electron chi connectivity index (χ3n) is 4.07. The van der Waals surface area contributed by atoms with Crippen molar-refractivity contribution in [2.75, 3.05) is 20.6 Å². The molecule has 0 heterocycles. The van der Waals surface area contributed by atoms with Crippen molar-refractivity contribution in [3.8, 4) is 0 Å². The molecule has 0 bridgehead atoms. The van der Waals surface area contributed by atoms with E-state index in [1.807, 2.05) is 6.08 Å². The van der Waals surface area contributed by atoms with Crippen molar-refractivity contribution < 1.29 is 0 Å². The van der Waals surface area contributed by atoms with Gasteiger partial charge in [-0.1, -0.05) is 33.1 Å². The minimum Gasteiger partial charge on any atom is -0.381 e. The van der Waals surface area contributed by atoms with Gasteiger partial charge >= 0.3 is 0 Å². The Kier molecular flexibility index (Phi) is 8.84. The first kappa shape index (κ1) is 19.6. The molecular formula is C19H34N2. The van der Waals surface area contributed by atoms with Crippen molar-refractivity contribution in [1.29, 1.82) is 0 Å². The average molecular weight is 290 g/mol. The number of hydrogen-bond donors (Lipinski definition) is 0. The van der Waals surface area contributed by atoms with Gasteiger partial charge in [0.1, 0.15) is 0 Å². The summed E-state index contributed by atoms with van der Waals surface area (Å²) in [5.41, 5.74) is 4.69. The molecule has 0 aromatic carbocycles. The highest BCUT2D eigenvalue weighted by molar-refractivity contribution is 5.40. The second-order valence-corrected chi connectivity index (χ2v) is 5.86. The van der Waals surface area contributed by atoms with Gasteiger partial charge < -0.3 is 9.80 Å². The van der Waals surface area contributed by atoms with Gasteiger partial charge in [-0.3, -0.25) is 0 Å². The first-order valence-electron chi connectivity index (χ1n) is 7.94. The summed E-state index contributed by atoms with van der Waals surface area (Å²) < 4.78 is 0. The summed E-state index contributed by atoms with van der Waals surface area (Å²) in [6.07, 6.45) is 6.37. The van der Waals surface area contributed by atoms with Crippen molar-refractivity contribution in [2.24, 2.45) is 0 Å². The predicted molar refractivity (Wildman–Crippen MR) is 96.2 cm³/mol. The Labute approximate surface area is 132 Å². The van der Waals surface area contributed by atoms with Gasteiger partial charge in [0.25, 0.3) is 0 Å². The zero-order valence-corrected chi connectivity index (χ0v) is 15.2. The van der Waals surface area contributed by atoms with E-state index in [1.54, 1.807) is 0 Å². The zero-order valence-electron chi connectivity index (χ0n) is 15.2. The molecule has 0 radical (unpaired) electrons. The summed E-state index contributed by atoms with van der Waals surface area (Å²) in [6.45, 7) is 20.3. The van der Waals surface area contributed by atoms with Crippen LogP contribution in [0.5, 0.6) is 0 Å². The van der Waals surface area contributed by atoms with Crippen LogP contribution >= 0.6 is 0 Å². The third-order valence-corrected chi connectivity index (χ3v) is 4.07. The molecule has 0 aliphatic carbocycles. The topological polar surface area (TPSA) is 6.48 Å². The van der Waals surface area contributed by atoms with Gasteiger partial charge in [0, 0.05) is 38.1 Å². The van der Waals surface area contributed by atoms with Crippen LogP contribution in [0.1, 0.15) is 47.5 Å². The summed E-state index contributed by atoms with van der Waals surface area (Å²) in [5, 5.41) is 0. The molecule has 0 aliphatic heterocycles. The fourth-order valence-corrected chi connectivity index (χ4v) is 2.20. The van der Waals surface area contributed by atoms with Crippen LogP contribution in [0.15, 0.2) is 47.9 Å². The molecule has 0 saturated heterocycles. The van der Waals surface area contributed by atoms with E-state index in [4.69, 9.17) is 0 Å². The van der Waals surface area contributed by atoms with E-state index < -0.39 is 0 Å². The molecule has 0 spiro atoms. The van der Waals surface area contributed by atoms with Crippen LogP contribution in [0.4, 0.5) is 0 Å². The van der Waals surface area contributed by atoms with Crippen molar-refractivity contribution >= 4 is 0 Å². The lowest BCUT2D eigenvalue weighted by Gasteiger charge is -2.32. The molecule has 0 aliphatic rings. The highest BCUT2D eigenvalue weighted by Crippen LogP contribution is 2.21. The smallest absolute Gasteiger partial charge is 0.0325 e. The molecule has 0 N–H and O–H groups in total. The van der Waals surface area contributed by atoms with E-state index in [0.29, 0.717) is 6.04 Å². The Balaban J connectivity index is 5.41. The number of allylic oxidation sites excluding steroid dienone is 5. The normalized spacial score (nSPS) is 14.3. The summed E-state index contributed by atoms with van der Waals surface area (Å²) in [7, 11) is 4.11. The molecule has 0 rings (SSSR count). The number of hydrogen-bond acceptors (Lipinski definition) is 2. The average Bonchev–Trinajstić information content (AvgIpc) is 2.47. The highest BCUT2D eigenvalue weighted by Gasteiger charge is 2.14. The molecule has 0 saturated carbocycles. The van der Waals surface area contributed by atoms with Gasteiger partial charge in [0.15, 0.2) is 0 Å². The van der Waals surface area contributed by atoms with Gasteiger partial charge in [0.2, 0.25) is 0 Å². The molecule has 21 heavy (non-hydrogen) atoms. The molecule has 0 fully saturated rings. The Morgan fingerprint density at radius 1 is 1.19 bits per heavy atom. The maximum atomic E-state index is 4.32. The molecule has 1 atom stereocenters. The highest BCUT2D eigenvalue weighted by atomic mass is 15.2. The van der Waals surface area contributed by atoms with E-state index in [1.165, 1.54) is 11.3 Å². The molecular weight excluding hydrogens is 256 g/mol. The first-order chi connectivity index (χ1) is 9.79. The summed E-state index contributed by atoms with van der Waals surface area (Å²) in [6, 6.07) is 0.520. The van der Waals surface area contributed by atoms with Gasteiger partial charge in [-0.25, -0.2) is 0 Å². The fourth-order valence-electron chi connectivity index (χ4n) is 2.20. The summed E-state index contributed by atoms with van der Waals surface area (Å²) in [5.74, 6) is 0. The minimum absolute atomic E-state index is 0.520. The van der Waals surface area contributed by atoms with E-state index in [2.05, 4.69) is 77.7 Å². The number of rotatable bonds is 9.